The number of amides is 1. The quantitative estimate of drug-likeness (QED) is 0.663. The second-order valence-electron chi connectivity index (χ2n) is 6.86. The Morgan fingerprint density at radius 2 is 1.78 bits per heavy atom. The molecule has 2 saturated heterocycles. The highest BCUT2D eigenvalue weighted by atomic mass is 19.1. The zero-order chi connectivity index (χ0) is 18.6. The van der Waals surface area contributed by atoms with Gasteiger partial charge in [0.05, 0.1) is 12.7 Å². The molecule has 27 heavy (non-hydrogen) atoms. The third kappa shape index (κ3) is 4.33. The molecule has 3 atom stereocenters. The minimum absolute atomic E-state index is 0.0281. The van der Waals surface area contributed by atoms with Crippen LogP contribution in [-0.2, 0) is 9.53 Å². The van der Waals surface area contributed by atoms with E-state index in [1.807, 2.05) is 24.3 Å². The van der Waals surface area contributed by atoms with Crippen molar-refractivity contribution in [1.29, 1.82) is 0 Å². The summed E-state index contributed by atoms with van der Waals surface area (Å²) >= 11 is 0. The summed E-state index contributed by atoms with van der Waals surface area (Å²) in [5.74, 6) is -0.368. The number of morpholine rings is 1. The number of carbonyl (C=O) groups is 1. The van der Waals surface area contributed by atoms with Crippen molar-refractivity contribution in [1.82, 2.24) is 16.2 Å². The van der Waals surface area contributed by atoms with Gasteiger partial charge in [0.1, 0.15) is 11.9 Å². The highest BCUT2D eigenvalue weighted by Crippen LogP contribution is 2.24. The van der Waals surface area contributed by atoms with E-state index >= 15 is 0 Å². The molecule has 4 rings (SSSR count). The molecule has 1 amide bonds. The largest absolute Gasteiger partial charge is 0.371 e. The minimum Gasteiger partial charge on any atom is -0.371 e. The topological polar surface area (TPSA) is 74.4 Å². The first-order chi connectivity index (χ1) is 13.2. The summed E-state index contributed by atoms with van der Waals surface area (Å²) in [5.41, 5.74) is 8.92. The zero-order valence-corrected chi connectivity index (χ0v) is 14.9. The van der Waals surface area contributed by atoms with Gasteiger partial charge in [-0.3, -0.25) is 4.79 Å². The first-order valence-electron chi connectivity index (χ1n) is 9.19. The van der Waals surface area contributed by atoms with E-state index < -0.39 is 0 Å². The Bertz CT molecular complexity index is 776. The van der Waals surface area contributed by atoms with E-state index in [0.29, 0.717) is 13.0 Å². The van der Waals surface area contributed by atoms with Crippen LogP contribution in [0.5, 0.6) is 0 Å². The minimum atomic E-state index is -0.356. The van der Waals surface area contributed by atoms with E-state index in [1.165, 1.54) is 12.1 Å². The van der Waals surface area contributed by atoms with Crippen molar-refractivity contribution in [2.24, 2.45) is 0 Å². The van der Waals surface area contributed by atoms with Gasteiger partial charge in [0.25, 0.3) is 0 Å². The van der Waals surface area contributed by atoms with Crippen LogP contribution in [0.2, 0.25) is 0 Å². The molecule has 2 heterocycles. The number of hydrazine groups is 1. The fourth-order valence-corrected chi connectivity index (χ4v) is 3.43. The van der Waals surface area contributed by atoms with Crippen LogP contribution in [0.15, 0.2) is 48.5 Å². The first kappa shape index (κ1) is 18.1. The summed E-state index contributed by atoms with van der Waals surface area (Å²) < 4.78 is 18.8. The average Bonchev–Trinajstić information content (AvgIpc) is 3.20. The lowest BCUT2D eigenvalue weighted by atomic mass is 10.0. The Kier molecular flexibility index (Phi) is 5.45. The summed E-state index contributed by atoms with van der Waals surface area (Å²) in [7, 11) is 0. The van der Waals surface area contributed by atoms with Gasteiger partial charge in [0.15, 0.2) is 0 Å². The predicted molar refractivity (Wildman–Crippen MR) is 100 cm³/mol. The average molecular weight is 370 g/mol. The highest BCUT2D eigenvalue weighted by Gasteiger charge is 2.30. The number of carbonyl (C=O) groups excluding carboxylic acids is 1. The third-order valence-electron chi connectivity index (χ3n) is 4.97. The van der Waals surface area contributed by atoms with Gasteiger partial charge in [-0.15, -0.1) is 0 Å². The summed E-state index contributed by atoms with van der Waals surface area (Å²) in [6.07, 6.45) is 0.651. The molecule has 2 fully saturated rings. The maximum atomic E-state index is 13.1. The molecule has 0 spiro atoms. The molecule has 4 N–H and O–H groups in total. The molecule has 0 aromatic heterocycles. The zero-order valence-electron chi connectivity index (χ0n) is 14.9. The summed E-state index contributed by atoms with van der Waals surface area (Å²) in [6, 6.07) is 13.7. The van der Waals surface area contributed by atoms with E-state index in [0.717, 1.165) is 29.9 Å². The van der Waals surface area contributed by atoms with Crippen molar-refractivity contribution >= 4 is 11.6 Å². The summed E-state index contributed by atoms with van der Waals surface area (Å²) in [6.45, 7) is 2.39. The number of nitrogens with one attached hydrogen (secondary N) is 4. The number of halogens is 1. The molecule has 2 aromatic rings. The van der Waals surface area contributed by atoms with Crippen molar-refractivity contribution in [2.45, 2.75) is 24.6 Å². The summed E-state index contributed by atoms with van der Waals surface area (Å²) in [5, 5.41) is 6.24. The number of benzene rings is 2. The molecule has 2 aromatic carbocycles. The van der Waals surface area contributed by atoms with Gasteiger partial charge < -0.3 is 15.4 Å². The molecule has 7 heteroatoms. The van der Waals surface area contributed by atoms with Gasteiger partial charge in [0, 0.05) is 24.8 Å². The first-order valence-corrected chi connectivity index (χ1v) is 9.19. The molecule has 0 radical (unpaired) electrons. The third-order valence-corrected chi connectivity index (χ3v) is 4.97. The van der Waals surface area contributed by atoms with E-state index in [9.17, 15) is 9.18 Å². The van der Waals surface area contributed by atoms with Gasteiger partial charge >= 0.3 is 0 Å². The van der Waals surface area contributed by atoms with Gasteiger partial charge in [-0.25, -0.2) is 15.2 Å². The molecule has 6 nitrogen and oxygen atoms in total. The Balaban J connectivity index is 1.33. The van der Waals surface area contributed by atoms with Crippen LogP contribution < -0.4 is 21.5 Å². The van der Waals surface area contributed by atoms with Crippen LogP contribution in [0.3, 0.4) is 0 Å². The van der Waals surface area contributed by atoms with Crippen molar-refractivity contribution in [3.8, 4) is 0 Å². The normalized spacial score (nSPS) is 25.3. The lowest BCUT2D eigenvalue weighted by molar-refractivity contribution is -0.117. The second-order valence-corrected chi connectivity index (χ2v) is 6.86. The van der Waals surface area contributed by atoms with Crippen molar-refractivity contribution in [2.75, 3.05) is 25.0 Å². The van der Waals surface area contributed by atoms with Crippen LogP contribution in [0.4, 0.5) is 10.1 Å². The van der Waals surface area contributed by atoms with Crippen molar-refractivity contribution in [3.63, 3.8) is 0 Å². The Morgan fingerprint density at radius 3 is 2.48 bits per heavy atom. The molecule has 0 saturated carbocycles. The Hall–Kier alpha value is -2.32. The molecular formula is C20H23FN4O2. The number of rotatable bonds is 4. The standard InChI is InChI=1S/C20H23FN4O2/c21-15-5-1-13(2-6-15)17-11-18(25-24-17)20(26)23-16-7-3-14(4-8-16)19-12-22-9-10-27-19/h1-8,17-19,22,24-25H,9-12H2,(H,23,26)/t17?,18?,19-/m1/s1. The van der Waals surface area contributed by atoms with Crippen molar-refractivity contribution in [3.05, 3.63) is 65.5 Å². The smallest absolute Gasteiger partial charge is 0.242 e. The second kappa shape index (κ2) is 8.14. The van der Waals surface area contributed by atoms with E-state index in [2.05, 4.69) is 21.5 Å². The van der Waals surface area contributed by atoms with Crippen LogP contribution >= 0.6 is 0 Å². The number of hydrogen-bond donors (Lipinski definition) is 4. The van der Waals surface area contributed by atoms with Crippen LogP contribution in [0.1, 0.15) is 29.7 Å². The van der Waals surface area contributed by atoms with E-state index in [4.69, 9.17) is 4.74 Å². The molecule has 0 bridgehead atoms. The van der Waals surface area contributed by atoms with Crippen LogP contribution in [-0.4, -0.2) is 31.6 Å². The highest BCUT2D eigenvalue weighted by molar-refractivity contribution is 5.95. The maximum Gasteiger partial charge on any atom is 0.242 e. The molecular weight excluding hydrogens is 347 g/mol. The number of anilines is 1. The monoisotopic (exact) mass is 370 g/mol. The van der Waals surface area contributed by atoms with Gasteiger partial charge in [-0.2, -0.15) is 0 Å². The van der Waals surface area contributed by atoms with E-state index in [-0.39, 0.29) is 29.9 Å². The lowest BCUT2D eigenvalue weighted by Crippen LogP contribution is -2.39. The number of hydrogen-bond acceptors (Lipinski definition) is 5. The Morgan fingerprint density at radius 1 is 1.04 bits per heavy atom. The van der Waals surface area contributed by atoms with Crippen LogP contribution in [0, 0.1) is 5.82 Å². The lowest BCUT2D eigenvalue weighted by Gasteiger charge is -2.24. The molecule has 2 unspecified atom stereocenters. The van der Waals surface area contributed by atoms with Gasteiger partial charge in [0.2, 0.25) is 5.91 Å². The molecule has 0 aliphatic carbocycles. The molecule has 142 valence electrons. The predicted octanol–water partition coefficient (Wildman–Crippen LogP) is 2.03. The Labute approximate surface area is 157 Å². The fourth-order valence-electron chi connectivity index (χ4n) is 3.43. The van der Waals surface area contributed by atoms with E-state index in [1.54, 1.807) is 12.1 Å². The molecule has 2 aliphatic heterocycles. The SMILES string of the molecule is O=C(Nc1ccc([C@H]2CNCCO2)cc1)C1CC(c2ccc(F)cc2)NN1. The fraction of sp³-hybridized carbons (Fsp3) is 0.350. The van der Waals surface area contributed by atoms with Crippen LogP contribution in [0.25, 0.3) is 0 Å². The number of ether oxygens (including phenoxy) is 1. The van der Waals surface area contributed by atoms with Gasteiger partial charge in [-0.1, -0.05) is 24.3 Å². The summed E-state index contributed by atoms with van der Waals surface area (Å²) in [4.78, 5) is 12.5. The molecule has 2 aliphatic rings. The maximum absolute atomic E-state index is 13.1. The van der Waals surface area contributed by atoms with Gasteiger partial charge in [-0.05, 0) is 41.8 Å². The van der Waals surface area contributed by atoms with Crippen molar-refractivity contribution < 1.29 is 13.9 Å².